The molecule has 0 aromatic rings. The standard InChI is InChI=1S/C16H26O8/c1-5-21-15(19)11(3)23-13(17)9-7-8-10-14(18)24-12(4)16(20)22-6-2/h11-12H,5-10H2,1-4H3. The van der Waals surface area contributed by atoms with E-state index in [1.165, 1.54) is 13.8 Å². The molecule has 2 atom stereocenters. The molecule has 0 radical (unpaired) electrons. The van der Waals surface area contributed by atoms with Crippen molar-refractivity contribution >= 4 is 23.9 Å². The number of ether oxygens (including phenoxy) is 4. The van der Waals surface area contributed by atoms with E-state index < -0.39 is 36.1 Å². The minimum absolute atomic E-state index is 0.0739. The second kappa shape index (κ2) is 12.3. The quantitative estimate of drug-likeness (QED) is 0.315. The molecule has 138 valence electrons. The van der Waals surface area contributed by atoms with Gasteiger partial charge in [0.1, 0.15) is 0 Å². The Hall–Kier alpha value is -2.12. The number of unbranched alkanes of at least 4 members (excludes halogenated alkanes) is 1. The fourth-order valence-electron chi connectivity index (χ4n) is 1.67. The first kappa shape index (κ1) is 21.9. The van der Waals surface area contributed by atoms with Gasteiger partial charge in [-0.2, -0.15) is 0 Å². The Morgan fingerprint density at radius 2 is 1.04 bits per heavy atom. The van der Waals surface area contributed by atoms with Gasteiger partial charge in [-0.3, -0.25) is 9.59 Å². The zero-order chi connectivity index (χ0) is 18.5. The lowest BCUT2D eigenvalue weighted by Crippen LogP contribution is -2.26. The Balaban J connectivity index is 3.88. The normalized spacial score (nSPS) is 12.7. The van der Waals surface area contributed by atoms with E-state index in [0.717, 1.165) is 0 Å². The van der Waals surface area contributed by atoms with Crippen LogP contribution in [0.25, 0.3) is 0 Å². The van der Waals surface area contributed by atoms with Crippen molar-refractivity contribution in [3.05, 3.63) is 0 Å². The molecule has 0 amide bonds. The molecular weight excluding hydrogens is 320 g/mol. The van der Waals surface area contributed by atoms with Crippen LogP contribution in [0.3, 0.4) is 0 Å². The van der Waals surface area contributed by atoms with Crippen LogP contribution in [0.15, 0.2) is 0 Å². The fraction of sp³-hybridized carbons (Fsp3) is 0.750. The number of rotatable bonds is 11. The van der Waals surface area contributed by atoms with Gasteiger partial charge in [0.15, 0.2) is 12.2 Å². The van der Waals surface area contributed by atoms with Gasteiger partial charge in [-0.15, -0.1) is 0 Å². The minimum atomic E-state index is -0.951. The van der Waals surface area contributed by atoms with Crippen molar-refractivity contribution in [2.45, 2.75) is 65.6 Å². The van der Waals surface area contributed by atoms with Crippen LogP contribution in [-0.4, -0.2) is 49.3 Å². The number of hydrogen-bond acceptors (Lipinski definition) is 8. The summed E-state index contributed by atoms with van der Waals surface area (Å²) in [4.78, 5) is 45.7. The van der Waals surface area contributed by atoms with E-state index in [9.17, 15) is 19.2 Å². The third-order valence-electron chi connectivity index (χ3n) is 2.87. The van der Waals surface area contributed by atoms with Crippen LogP contribution in [0, 0.1) is 0 Å². The van der Waals surface area contributed by atoms with Crippen molar-refractivity contribution in [1.82, 2.24) is 0 Å². The molecule has 0 aliphatic carbocycles. The van der Waals surface area contributed by atoms with Crippen LogP contribution in [0.2, 0.25) is 0 Å². The maximum absolute atomic E-state index is 11.5. The van der Waals surface area contributed by atoms with Gasteiger partial charge in [0.25, 0.3) is 0 Å². The first-order chi connectivity index (χ1) is 11.3. The molecule has 0 rings (SSSR count). The zero-order valence-corrected chi connectivity index (χ0v) is 14.7. The van der Waals surface area contributed by atoms with E-state index in [2.05, 4.69) is 0 Å². The van der Waals surface area contributed by atoms with Crippen LogP contribution in [0.4, 0.5) is 0 Å². The lowest BCUT2D eigenvalue weighted by molar-refractivity contribution is -0.167. The van der Waals surface area contributed by atoms with Crippen LogP contribution >= 0.6 is 0 Å². The number of hydrogen-bond donors (Lipinski definition) is 0. The summed E-state index contributed by atoms with van der Waals surface area (Å²) in [6.07, 6.45) is -0.954. The van der Waals surface area contributed by atoms with E-state index in [-0.39, 0.29) is 26.1 Å². The van der Waals surface area contributed by atoms with Gasteiger partial charge >= 0.3 is 23.9 Å². The Morgan fingerprint density at radius 1 is 0.708 bits per heavy atom. The summed E-state index contributed by atoms with van der Waals surface area (Å²) < 4.78 is 19.2. The molecule has 0 saturated carbocycles. The highest BCUT2D eigenvalue weighted by molar-refractivity contribution is 5.79. The molecule has 2 unspecified atom stereocenters. The van der Waals surface area contributed by atoms with Crippen LogP contribution in [0.1, 0.15) is 53.4 Å². The second-order valence-electron chi connectivity index (χ2n) is 4.98. The summed E-state index contributed by atoms with van der Waals surface area (Å²) in [5.74, 6) is -2.27. The zero-order valence-electron chi connectivity index (χ0n) is 14.7. The Morgan fingerprint density at radius 3 is 1.33 bits per heavy atom. The molecule has 0 heterocycles. The summed E-state index contributed by atoms with van der Waals surface area (Å²) in [7, 11) is 0. The molecule has 8 nitrogen and oxygen atoms in total. The average molecular weight is 346 g/mol. The molecule has 0 aromatic carbocycles. The van der Waals surface area contributed by atoms with Crippen LogP contribution < -0.4 is 0 Å². The summed E-state index contributed by atoms with van der Waals surface area (Å²) in [6.45, 7) is 6.62. The lowest BCUT2D eigenvalue weighted by Gasteiger charge is -2.12. The lowest BCUT2D eigenvalue weighted by atomic mass is 10.2. The van der Waals surface area contributed by atoms with Gasteiger partial charge in [-0.1, -0.05) is 0 Å². The van der Waals surface area contributed by atoms with Crippen molar-refractivity contribution in [2.75, 3.05) is 13.2 Å². The summed E-state index contributed by atoms with van der Waals surface area (Å²) in [5, 5.41) is 0. The van der Waals surface area contributed by atoms with Crippen LogP contribution in [-0.2, 0) is 38.1 Å². The molecule has 0 aromatic heterocycles. The SMILES string of the molecule is CCOC(=O)C(C)OC(=O)CCCCC(=O)OC(C)C(=O)OCC. The van der Waals surface area contributed by atoms with Crippen LogP contribution in [0.5, 0.6) is 0 Å². The van der Waals surface area contributed by atoms with Crippen molar-refractivity contribution < 1.29 is 38.1 Å². The summed E-state index contributed by atoms with van der Waals surface area (Å²) in [5.41, 5.74) is 0. The highest BCUT2D eigenvalue weighted by atomic mass is 16.6. The first-order valence-electron chi connectivity index (χ1n) is 8.04. The van der Waals surface area contributed by atoms with Gasteiger partial charge in [-0.25, -0.2) is 9.59 Å². The van der Waals surface area contributed by atoms with Crippen molar-refractivity contribution in [3.8, 4) is 0 Å². The van der Waals surface area contributed by atoms with Crippen molar-refractivity contribution in [3.63, 3.8) is 0 Å². The van der Waals surface area contributed by atoms with E-state index in [4.69, 9.17) is 18.9 Å². The molecule has 0 aliphatic heterocycles. The molecule has 0 fully saturated rings. The third kappa shape index (κ3) is 9.81. The molecule has 0 spiro atoms. The van der Waals surface area contributed by atoms with E-state index in [1.807, 2.05) is 0 Å². The second-order valence-corrected chi connectivity index (χ2v) is 4.98. The highest BCUT2D eigenvalue weighted by Gasteiger charge is 2.20. The predicted octanol–water partition coefficient (Wildman–Crippen LogP) is 1.54. The van der Waals surface area contributed by atoms with Crippen molar-refractivity contribution in [2.24, 2.45) is 0 Å². The third-order valence-corrected chi connectivity index (χ3v) is 2.87. The maximum Gasteiger partial charge on any atom is 0.347 e. The van der Waals surface area contributed by atoms with E-state index in [0.29, 0.717) is 12.8 Å². The smallest absolute Gasteiger partial charge is 0.347 e. The Labute approximate surface area is 141 Å². The summed E-state index contributed by atoms with van der Waals surface area (Å²) in [6, 6.07) is 0. The fourth-order valence-corrected chi connectivity index (χ4v) is 1.67. The molecule has 8 heteroatoms. The monoisotopic (exact) mass is 346 g/mol. The van der Waals surface area contributed by atoms with E-state index in [1.54, 1.807) is 13.8 Å². The van der Waals surface area contributed by atoms with Crippen molar-refractivity contribution in [1.29, 1.82) is 0 Å². The van der Waals surface area contributed by atoms with Gasteiger partial charge in [0.2, 0.25) is 0 Å². The Bertz CT molecular complexity index is 392. The number of esters is 4. The van der Waals surface area contributed by atoms with Gasteiger partial charge in [0.05, 0.1) is 13.2 Å². The predicted molar refractivity (Wildman–Crippen MR) is 82.8 cm³/mol. The molecule has 0 N–H and O–H groups in total. The molecule has 0 aliphatic rings. The average Bonchev–Trinajstić information content (AvgIpc) is 2.51. The largest absolute Gasteiger partial charge is 0.463 e. The molecule has 0 saturated heterocycles. The topological polar surface area (TPSA) is 105 Å². The molecule has 0 bridgehead atoms. The van der Waals surface area contributed by atoms with Gasteiger partial charge in [-0.05, 0) is 40.5 Å². The highest BCUT2D eigenvalue weighted by Crippen LogP contribution is 2.07. The Kier molecular flexibility index (Phi) is 11.2. The minimum Gasteiger partial charge on any atom is -0.463 e. The molecule has 24 heavy (non-hydrogen) atoms. The molecular formula is C16H26O8. The number of carbonyl (C=O) groups is 4. The van der Waals surface area contributed by atoms with E-state index >= 15 is 0 Å². The van der Waals surface area contributed by atoms with Gasteiger partial charge in [0, 0.05) is 12.8 Å². The maximum atomic E-state index is 11.5. The van der Waals surface area contributed by atoms with Gasteiger partial charge < -0.3 is 18.9 Å². The summed E-state index contributed by atoms with van der Waals surface area (Å²) >= 11 is 0. The number of carbonyl (C=O) groups excluding carboxylic acids is 4. The first-order valence-corrected chi connectivity index (χ1v) is 8.04.